The van der Waals surface area contributed by atoms with Crippen LogP contribution in [0.4, 0.5) is 0 Å². The van der Waals surface area contributed by atoms with E-state index < -0.39 is 5.21 Å². The van der Waals surface area contributed by atoms with Gasteiger partial charge < -0.3 is 4.42 Å². The fraction of sp³-hybridized carbons (Fsp3) is 0.138. The Morgan fingerprint density at radius 1 is 0.758 bits per heavy atom. The van der Waals surface area contributed by atoms with Gasteiger partial charge in [-0.3, -0.25) is 4.98 Å². The Balaban J connectivity index is 1.53. The van der Waals surface area contributed by atoms with Crippen LogP contribution < -0.4 is 0 Å². The van der Waals surface area contributed by atoms with Crippen molar-refractivity contribution >= 4 is 59.2 Å². The van der Waals surface area contributed by atoms with Gasteiger partial charge in [0.2, 0.25) is 0 Å². The van der Waals surface area contributed by atoms with Gasteiger partial charge in [-0.25, -0.2) is 0 Å². The maximum atomic E-state index is 6.41. The molecule has 0 N–H and O–H groups in total. The van der Waals surface area contributed by atoms with Crippen molar-refractivity contribution in [2.24, 2.45) is 5.92 Å². The molecule has 0 fully saturated rings. The zero-order chi connectivity index (χ0) is 22.7. The SMILES string of the molecule is [B]C([B])(c1ccc2c(-c3ccc4c(c3)oc3c5ccccc5ccc43)nccc2c1)C(C)C. The second-order valence-corrected chi connectivity index (χ2v) is 9.16. The quantitative estimate of drug-likeness (QED) is 0.285. The molecule has 0 bridgehead atoms. The molecule has 0 spiro atoms. The van der Waals surface area contributed by atoms with Crippen LogP contribution in [0.15, 0.2) is 89.5 Å². The Kier molecular flexibility index (Phi) is 4.42. The number of hydrogen-bond acceptors (Lipinski definition) is 2. The first-order chi connectivity index (χ1) is 15.9. The molecule has 0 aliphatic carbocycles. The van der Waals surface area contributed by atoms with Gasteiger partial charge in [-0.05, 0) is 35.0 Å². The van der Waals surface area contributed by atoms with Gasteiger partial charge >= 0.3 is 0 Å². The van der Waals surface area contributed by atoms with Crippen molar-refractivity contribution in [3.05, 3.63) is 90.6 Å². The van der Waals surface area contributed by atoms with Crippen LogP contribution in [0.5, 0.6) is 0 Å². The van der Waals surface area contributed by atoms with Crippen LogP contribution in [0.2, 0.25) is 0 Å². The Hall–Kier alpha value is -3.52. The lowest BCUT2D eigenvalue weighted by molar-refractivity contribution is 0.571. The second-order valence-electron chi connectivity index (χ2n) is 9.16. The van der Waals surface area contributed by atoms with Gasteiger partial charge in [0.05, 0.1) is 21.4 Å². The van der Waals surface area contributed by atoms with Crippen LogP contribution in [0, 0.1) is 5.92 Å². The van der Waals surface area contributed by atoms with Crippen LogP contribution in [0.25, 0.3) is 54.7 Å². The van der Waals surface area contributed by atoms with E-state index in [0.29, 0.717) is 0 Å². The summed E-state index contributed by atoms with van der Waals surface area (Å²) in [5.41, 5.74) is 4.63. The molecule has 0 unspecified atom stereocenters. The van der Waals surface area contributed by atoms with Crippen molar-refractivity contribution < 1.29 is 4.42 Å². The third-order valence-electron chi connectivity index (χ3n) is 6.86. The van der Waals surface area contributed by atoms with E-state index in [1.807, 2.05) is 44.3 Å². The highest BCUT2D eigenvalue weighted by Gasteiger charge is 2.24. The number of rotatable bonds is 3. The fourth-order valence-corrected chi connectivity index (χ4v) is 4.66. The zero-order valence-electron chi connectivity index (χ0n) is 18.7. The molecule has 4 aromatic carbocycles. The molecule has 154 valence electrons. The number of pyridine rings is 1. The summed E-state index contributed by atoms with van der Waals surface area (Å²) in [5.74, 6) is 0.114. The van der Waals surface area contributed by atoms with Crippen molar-refractivity contribution in [2.45, 2.75) is 19.1 Å². The molecule has 0 saturated heterocycles. The summed E-state index contributed by atoms with van der Waals surface area (Å²) in [6.07, 6.45) is 1.84. The minimum absolute atomic E-state index is 0.114. The monoisotopic (exact) mass is 421 g/mol. The van der Waals surface area contributed by atoms with Gasteiger partial charge in [0.15, 0.2) is 0 Å². The maximum Gasteiger partial charge on any atom is 0.143 e. The van der Waals surface area contributed by atoms with E-state index in [0.717, 1.165) is 54.9 Å². The smallest absolute Gasteiger partial charge is 0.143 e. The molecule has 0 atom stereocenters. The number of hydrogen-bond donors (Lipinski definition) is 0. The number of fused-ring (bicyclic) bond motifs is 6. The van der Waals surface area contributed by atoms with Crippen LogP contribution in [-0.4, -0.2) is 20.7 Å². The highest BCUT2D eigenvalue weighted by Crippen LogP contribution is 2.37. The van der Waals surface area contributed by atoms with Crippen LogP contribution in [-0.2, 0) is 5.21 Å². The lowest BCUT2D eigenvalue weighted by Gasteiger charge is -2.31. The largest absolute Gasteiger partial charge is 0.455 e. The molecule has 6 rings (SSSR count). The molecule has 2 nitrogen and oxygen atoms in total. The third kappa shape index (κ3) is 3.08. The van der Waals surface area contributed by atoms with Crippen molar-refractivity contribution in [3.63, 3.8) is 0 Å². The van der Waals surface area contributed by atoms with E-state index in [4.69, 9.17) is 25.1 Å². The molecule has 0 saturated carbocycles. The van der Waals surface area contributed by atoms with Crippen LogP contribution >= 0.6 is 0 Å². The van der Waals surface area contributed by atoms with Gasteiger partial charge in [0.1, 0.15) is 11.2 Å². The van der Waals surface area contributed by atoms with E-state index in [9.17, 15) is 0 Å². The summed E-state index contributed by atoms with van der Waals surface area (Å²) >= 11 is 0. The summed E-state index contributed by atoms with van der Waals surface area (Å²) in [6, 6.07) is 27.1. The molecule has 0 amide bonds. The van der Waals surface area contributed by atoms with Gasteiger partial charge in [-0.15, -0.1) is 0 Å². The minimum atomic E-state index is -0.881. The maximum absolute atomic E-state index is 6.41. The topological polar surface area (TPSA) is 26.0 Å². The van der Waals surface area contributed by atoms with Gasteiger partial charge in [0, 0.05) is 33.3 Å². The molecule has 0 aliphatic rings. The summed E-state index contributed by atoms with van der Waals surface area (Å²) < 4.78 is 6.37. The van der Waals surface area contributed by atoms with Crippen LogP contribution in [0.1, 0.15) is 19.4 Å². The lowest BCUT2D eigenvalue weighted by atomic mass is 9.46. The highest BCUT2D eigenvalue weighted by atomic mass is 16.3. The standard InChI is InChI=1S/C29H21B2NO/c1-17(2)29(30,31)21-9-12-22-19(15-21)13-14-32-27(22)20-8-10-24-25-11-7-18-5-3-4-6-23(18)28(25)33-26(24)16-20/h3-17H,1-2H3. The second kappa shape index (κ2) is 7.25. The number of aromatic nitrogens is 1. The van der Waals surface area contributed by atoms with Gasteiger partial charge in [-0.1, -0.05) is 85.1 Å². The number of furan rings is 1. The van der Waals surface area contributed by atoms with Crippen molar-refractivity contribution in [1.82, 2.24) is 4.98 Å². The molecule has 4 heteroatoms. The first-order valence-corrected chi connectivity index (χ1v) is 11.2. The molecule has 4 radical (unpaired) electrons. The first kappa shape index (κ1) is 20.1. The minimum Gasteiger partial charge on any atom is -0.455 e. The highest BCUT2D eigenvalue weighted by molar-refractivity contribution is 6.40. The first-order valence-electron chi connectivity index (χ1n) is 11.2. The normalized spacial score (nSPS) is 12.5. The molecule has 6 aromatic rings. The van der Waals surface area contributed by atoms with Crippen molar-refractivity contribution in [2.75, 3.05) is 0 Å². The molecular weight excluding hydrogens is 400 g/mol. The average Bonchev–Trinajstić information content (AvgIpc) is 3.21. The van der Waals surface area contributed by atoms with E-state index in [1.165, 1.54) is 5.39 Å². The molecule has 33 heavy (non-hydrogen) atoms. The third-order valence-corrected chi connectivity index (χ3v) is 6.86. The number of nitrogens with zero attached hydrogens (tertiary/aromatic N) is 1. The fourth-order valence-electron chi connectivity index (χ4n) is 4.66. The number of benzene rings is 4. The van der Waals surface area contributed by atoms with Crippen LogP contribution in [0.3, 0.4) is 0 Å². The molecule has 2 heterocycles. The predicted molar refractivity (Wildman–Crippen MR) is 140 cm³/mol. The average molecular weight is 421 g/mol. The van der Waals surface area contributed by atoms with Gasteiger partial charge in [-0.2, -0.15) is 0 Å². The van der Waals surface area contributed by atoms with Crippen molar-refractivity contribution in [1.29, 1.82) is 0 Å². The van der Waals surface area contributed by atoms with E-state index in [1.54, 1.807) is 0 Å². The van der Waals surface area contributed by atoms with Gasteiger partial charge in [0.25, 0.3) is 0 Å². The Morgan fingerprint density at radius 2 is 1.55 bits per heavy atom. The molecular formula is C29H21B2NO. The summed E-state index contributed by atoms with van der Waals surface area (Å²) in [5, 5.41) is 5.77. The predicted octanol–water partition coefficient (Wildman–Crippen LogP) is 7.10. The molecule has 2 aromatic heterocycles. The summed E-state index contributed by atoms with van der Waals surface area (Å²) in [6.45, 7) is 4.07. The van der Waals surface area contributed by atoms with E-state index in [2.05, 4.69) is 54.6 Å². The summed E-state index contributed by atoms with van der Waals surface area (Å²) in [7, 11) is 12.8. The summed E-state index contributed by atoms with van der Waals surface area (Å²) in [4.78, 5) is 4.71. The zero-order valence-corrected chi connectivity index (χ0v) is 18.7. The Labute approximate surface area is 195 Å². The molecule has 0 aliphatic heterocycles. The lowest BCUT2D eigenvalue weighted by Crippen LogP contribution is -2.33. The Morgan fingerprint density at radius 3 is 2.39 bits per heavy atom. The van der Waals surface area contributed by atoms with Crippen molar-refractivity contribution in [3.8, 4) is 11.3 Å². The Bertz CT molecular complexity index is 1680. The van der Waals surface area contributed by atoms with E-state index >= 15 is 0 Å². The van der Waals surface area contributed by atoms with E-state index in [-0.39, 0.29) is 5.92 Å².